The zero-order chi connectivity index (χ0) is 23.3. The molecule has 0 aromatic heterocycles. The lowest BCUT2D eigenvalue weighted by Crippen LogP contribution is -2.47. The molecule has 0 radical (unpaired) electrons. The van der Waals surface area contributed by atoms with Gasteiger partial charge >= 0.3 is 6.36 Å². The first-order valence-corrected chi connectivity index (χ1v) is 9.95. The Hall–Kier alpha value is -3.27. The molecule has 7 nitrogen and oxygen atoms in total. The van der Waals surface area contributed by atoms with Crippen LogP contribution in [0.5, 0.6) is 11.5 Å². The van der Waals surface area contributed by atoms with Crippen molar-refractivity contribution in [1.82, 2.24) is 9.80 Å². The van der Waals surface area contributed by atoms with Gasteiger partial charge in [0.05, 0.1) is 19.2 Å². The Kier molecular flexibility index (Phi) is 7.24. The quantitative estimate of drug-likeness (QED) is 0.731. The van der Waals surface area contributed by atoms with Crippen molar-refractivity contribution >= 4 is 17.5 Å². The van der Waals surface area contributed by atoms with E-state index < -0.39 is 12.3 Å². The average Bonchev–Trinajstić information content (AvgIpc) is 2.74. The first kappa shape index (κ1) is 23.4. The Morgan fingerprint density at radius 2 is 1.69 bits per heavy atom. The van der Waals surface area contributed by atoms with Crippen LogP contribution >= 0.6 is 0 Å². The highest BCUT2D eigenvalue weighted by Crippen LogP contribution is 2.27. The molecular weight excluding hydrogens is 427 g/mol. The topological polar surface area (TPSA) is 71.1 Å². The van der Waals surface area contributed by atoms with Crippen LogP contribution in [0.1, 0.15) is 15.9 Å². The maximum absolute atomic E-state index is 12.8. The first-order valence-electron chi connectivity index (χ1n) is 9.95. The predicted molar refractivity (Wildman–Crippen MR) is 112 cm³/mol. The van der Waals surface area contributed by atoms with E-state index in [1.54, 1.807) is 23.1 Å². The van der Waals surface area contributed by atoms with Crippen LogP contribution < -0.4 is 14.8 Å². The fourth-order valence-electron chi connectivity index (χ4n) is 3.32. The van der Waals surface area contributed by atoms with Gasteiger partial charge in [-0.1, -0.05) is 12.1 Å². The summed E-state index contributed by atoms with van der Waals surface area (Å²) in [5, 5.41) is 2.71. The van der Waals surface area contributed by atoms with Crippen LogP contribution in [-0.2, 0) is 11.2 Å². The Morgan fingerprint density at radius 3 is 2.28 bits per heavy atom. The number of hydrogen-bond donors (Lipinski definition) is 1. The first-order chi connectivity index (χ1) is 15.1. The maximum atomic E-state index is 12.8. The number of likely N-dealkylation sites (N-methyl/N-ethyl adjacent to an activating group) is 1. The molecule has 0 spiro atoms. The lowest BCUT2D eigenvalue weighted by Gasteiger charge is -2.32. The van der Waals surface area contributed by atoms with Gasteiger partial charge in [0.15, 0.2) is 0 Å². The molecule has 32 heavy (non-hydrogen) atoms. The minimum Gasteiger partial charge on any atom is -0.495 e. The number of alkyl halides is 3. The number of nitrogens with zero attached hydrogens (tertiary/aromatic N) is 2. The van der Waals surface area contributed by atoms with Crippen molar-refractivity contribution in [2.45, 2.75) is 12.8 Å². The van der Waals surface area contributed by atoms with Gasteiger partial charge in [-0.3, -0.25) is 9.59 Å². The second-order valence-electron chi connectivity index (χ2n) is 7.43. The van der Waals surface area contributed by atoms with Crippen molar-refractivity contribution in [2.24, 2.45) is 0 Å². The predicted octanol–water partition coefficient (Wildman–Crippen LogP) is 3.16. The normalized spacial score (nSPS) is 14.7. The second-order valence-corrected chi connectivity index (χ2v) is 7.43. The fourth-order valence-corrected chi connectivity index (χ4v) is 3.32. The second kappa shape index (κ2) is 9.90. The van der Waals surface area contributed by atoms with Crippen LogP contribution in [0.25, 0.3) is 0 Å². The molecule has 3 rings (SSSR count). The van der Waals surface area contributed by atoms with E-state index in [9.17, 15) is 22.8 Å². The van der Waals surface area contributed by atoms with Crippen molar-refractivity contribution in [3.63, 3.8) is 0 Å². The number of anilines is 1. The summed E-state index contributed by atoms with van der Waals surface area (Å²) in [4.78, 5) is 29.2. The van der Waals surface area contributed by atoms with Gasteiger partial charge in [-0.25, -0.2) is 0 Å². The van der Waals surface area contributed by atoms with Crippen LogP contribution in [0, 0.1) is 0 Å². The van der Waals surface area contributed by atoms with E-state index in [0.29, 0.717) is 35.7 Å². The Balaban J connectivity index is 1.67. The molecule has 1 saturated heterocycles. The van der Waals surface area contributed by atoms with Gasteiger partial charge in [0.2, 0.25) is 5.91 Å². The molecule has 2 amide bonds. The molecule has 1 N–H and O–H groups in total. The summed E-state index contributed by atoms with van der Waals surface area (Å²) in [7, 11) is 3.45. The molecule has 0 bridgehead atoms. The van der Waals surface area contributed by atoms with E-state index in [0.717, 1.165) is 25.2 Å². The molecule has 0 aliphatic carbocycles. The number of carbonyl (C=O) groups is 2. The lowest BCUT2D eigenvalue weighted by molar-refractivity contribution is -0.274. The number of amides is 2. The van der Waals surface area contributed by atoms with Gasteiger partial charge in [0.1, 0.15) is 11.5 Å². The molecule has 1 aliphatic heterocycles. The monoisotopic (exact) mass is 451 g/mol. The molecule has 1 fully saturated rings. The van der Waals surface area contributed by atoms with Crippen molar-refractivity contribution in [2.75, 3.05) is 45.7 Å². The van der Waals surface area contributed by atoms with E-state index in [2.05, 4.69) is 15.0 Å². The number of carbonyl (C=O) groups excluding carboxylic acids is 2. The molecule has 0 atom stereocenters. The van der Waals surface area contributed by atoms with Gasteiger partial charge < -0.3 is 24.6 Å². The summed E-state index contributed by atoms with van der Waals surface area (Å²) in [5.74, 6) is -0.505. The summed E-state index contributed by atoms with van der Waals surface area (Å²) in [6, 6.07) is 9.88. The highest BCUT2D eigenvalue weighted by Gasteiger charge is 2.31. The number of rotatable bonds is 6. The summed E-state index contributed by atoms with van der Waals surface area (Å²) >= 11 is 0. The Labute approximate surface area is 183 Å². The molecule has 0 saturated carbocycles. The smallest absolute Gasteiger partial charge is 0.495 e. The highest BCUT2D eigenvalue weighted by molar-refractivity contribution is 5.99. The zero-order valence-electron chi connectivity index (χ0n) is 17.7. The molecule has 1 aliphatic rings. The van der Waals surface area contributed by atoms with E-state index in [1.165, 1.54) is 19.2 Å². The summed E-state index contributed by atoms with van der Waals surface area (Å²) < 4.78 is 45.9. The SMILES string of the molecule is COc1ccc(C(=O)N2CCN(C)CC2)cc1NC(=O)Cc1ccc(OC(F)(F)F)cc1. The Morgan fingerprint density at radius 1 is 1.03 bits per heavy atom. The van der Waals surface area contributed by atoms with Crippen LogP contribution in [0.3, 0.4) is 0 Å². The average molecular weight is 451 g/mol. The van der Waals surface area contributed by atoms with Gasteiger partial charge in [-0.15, -0.1) is 13.2 Å². The number of ether oxygens (including phenoxy) is 2. The number of nitrogens with one attached hydrogen (secondary N) is 1. The molecule has 2 aromatic rings. The lowest BCUT2D eigenvalue weighted by atomic mass is 10.1. The number of methoxy groups -OCH3 is 1. The van der Waals surface area contributed by atoms with Crippen molar-refractivity contribution < 1.29 is 32.2 Å². The van der Waals surface area contributed by atoms with E-state index in [1.807, 2.05) is 7.05 Å². The molecule has 1 heterocycles. The third kappa shape index (κ3) is 6.36. The molecule has 0 unspecified atom stereocenters. The summed E-state index contributed by atoms with van der Waals surface area (Å²) in [5.41, 5.74) is 1.27. The standard InChI is InChI=1S/C22H24F3N3O4/c1-27-9-11-28(12-10-27)21(30)16-5-8-19(31-2)18(14-16)26-20(29)13-15-3-6-17(7-4-15)32-22(23,24)25/h3-8,14H,9-13H2,1-2H3,(H,26,29). The van der Waals surface area contributed by atoms with Gasteiger partial charge in [-0.2, -0.15) is 0 Å². The molecule has 172 valence electrons. The van der Waals surface area contributed by atoms with Crippen molar-refractivity contribution in [3.05, 3.63) is 53.6 Å². The third-order valence-electron chi connectivity index (χ3n) is 5.03. The summed E-state index contributed by atoms with van der Waals surface area (Å²) in [6.07, 6.45) is -4.85. The largest absolute Gasteiger partial charge is 0.573 e. The molecule has 2 aromatic carbocycles. The van der Waals surface area contributed by atoms with Gasteiger partial charge in [-0.05, 0) is 42.9 Å². The van der Waals surface area contributed by atoms with E-state index in [4.69, 9.17) is 4.74 Å². The molecule has 10 heteroatoms. The van der Waals surface area contributed by atoms with Gasteiger partial charge in [0.25, 0.3) is 5.91 Å². The fraction of sp³-hybridized carbons (Fsp3) is 0.364. The van der Waals surface area contributed by atoms with E-state index >= 15 is 0 Å². The number of benzene rings is 2. The zero-order valence-corrected chi connectivity index (χ0v) is 17.7. The Bertz CT molecular complexity index is 956. The maximum Gasteiger partial charge on any atom is 0.573 e. The van der Waals surface area contributed by atoms with E-state index in [-0.39, 0.29) is 18.1 Å². The van der Waals surface area contributed by atoms with Crippen molar-refractivity contribution in [1.29, 1.82) is 0 Å². The highest BCUT2D eigenvalue weighted by atomic mass is 19.4. The van der Waals surface area contributed by atoms with Crippen molar-refractivity contribution in [3.8, 4) is 11.5 Å². The minimum absolute atomic E-state index is 0.0773. The number of halogens is 3. The number of hydrogen-bond acceptors (Lipinski definition) is 5. The third-order valence-corrected chi connectivity index (χ3v) is 5.03. The number of piperazine rings is 1. The van der Waals surface area contributed by atoms with Crippen LogP contribution in [0.15, 0.2) is 42.5 Å². The molecular formula is C22H24F3N3O4. The minimum atomic E-state index is -4.78. The van der Waals surface area contributed by atoms with Crippen LogP contribution in [-0.4, -0.2) is 68.3 Å². The van der Waals surface area contributed by atoms with Crippen LogP contribution in [0.4, 0.5) is 18.9 Å². The van der Waals surface area contributed by atoms with Crippen LogP contribution in [0.2, 0.25) is 0 Å². The van der Waals surface area contributed by atoms with Gasteiger partial charge in [0, 0.05) is 31.7 Å². The summed E-state index contributed by atoms with van der Waals surface area (Å²) in [6.45, 7) is 2.82.